The fourth-order valence-corrected chi connectivity index (χ4v) is 1.67. The Hall–Kier alpha value is -2.11. The molecule has 0 spiro atoms. The van der Waals surface area contributed by atoms with Crippen molar-refractivity contribution in [3.8, 4) is 5.75 Å². The first kappa shape index (κ1) is 13.0. The Bertz CT molecular complexity index is 481. The van der Waals surface area contributed by atoms with E-state index in [1.807, 2.05) is 0 Å². The molecule has 0 aliphatic heterocycles. The summed E-state index contributed by atoms with van der Waals surface area (Å²) in [5.41, 5.74) is 0.736. The number of methoxy groups -OCH3 is 2. The summed E-state index contributed by atoms with van der Waals surface area (Å²) >= 11 is 0. The van der Waals surface area contributed by atoms with Gasteiger partial charge in [-0.2, -0.15) is 0 Å². The molecule has 1 rings (SSSR count). The average Bonchev–Trinajstić information content (AvgIpc) is 2.29. The van der Waals surface area contributed by atoms with Crippen LogP contribution in [-0.4, -0.2) is 25.1 Å². The zero-order chi connectivity index (χ0) is 13.2. The van der Waals surface area contributed by atoms with Gasteiger partial charge >= 0.3 is 5.97 Å². The minimum absolute atomic E-state index is 0.0988. The Balaban J connectivity index is 3.62. The predicted octanol–water partition coefficient (Wildman–Crippen LogP) is 2.01. The number of nitrogens with zero attached hydrogens (tertiary/aromatic N) is 1. The molecular weight excluding hydrogens is 226 g/mol. The lowest BCUT2D eigenvalue weighted by atomic mass is 10.0. The molecule has 0 N–H and O–H groups in total. The van der Waals surface area contributed by atoms with Crippen LogP contribution in [0.1, 0.15) is 21.5 Å². The number of benzene rings is 1. The van der Waals surface area contributed by atoms with Crippen molar-refractivity contribution < 1.29 is 19.2 Å². The number of nitro benzene ring substituents is 1. The number of aryl methyl sites for hydroxylation is 1. The highest BCUT2D eigenvalue weighted by Gasteiger charge is 2.25. The number of hydrogen-bond acceptors (Lipinski definition) is 5. The standard InChI is InChI=1S/C11H13NO5/c1-6-5-8(12(14)15)7(2)9(10(6)16-3)11(13)17-4/h5H,1-4H3. The van der Waals surface area contributed by atoms with Crippen molar-refractivity contribution in [2.75, 3.05) is 14.2 Å². The summed E-state index contributed by atoms with van der Waals surface area (Å²) in [6.45, 7) is 3.13. The Morgan fingerprint density at radius 3 is 2.35 bits per heavy atom. The Kier molecular flexibility index (Phi) is 3.67. The molecule has 0 atom stereocenters. The maximum Gasteiger partial charge on any atom is 0.342 e. The van der Waals surface area contributed by atoms with Crippen molar-refractivity contribution in [2.45, 2.75) is 13.8 Å². The molecule has 0 fully saturated rings. The molecule has 0 amide bonds. The van der Waals surface area contributed by atoms with Gasteiger partial charge in [0.2, 0.25) is 0 Å². The number of rotatable bonds is 3. The van der Waals surface area contributed by atoms with Gasteiger partial charge in [0.15, 0.2) is 0 Å². The van der Waals surface area contributed by atoms with Crippen LogP contribution in [0.3, 0.4) is 0 Å². The molecule has 0 unspecified atom stereocenters. The third-order valence-corrected chi connectivity index (χ3v) is 2.49. The molecule has 0 aliphatic carbocycles. The maximum absolute atomic E-state index is 11.6. The summed E-state index contributed by atoms with van der Waals surface area (Å²) in [4.78, 5) is 21.9. The molecular formula is C11H13NO5. The van der Waals surface area contributed by atoms with Crippen LogP contribution in [0.5, 0.6) is 5.75 Å². The van der Waals surface area contributed by atoms with Gasteiger partial charge in [0.25, 0.3) is 5.69 Å². The smallest absolute Gasteiger partial charge is 0.342 e. The van der Waals surface area contributed by atoms with Gasteiger partial charge < -0.3 is 9.47 Å². The van der Waals surface area contributed by atoms with Crippen molar-refractivity contribution in [1.29, 1.82) is 0 Å². The van der Waals surface area contributed by atoms with E-state index in [9.17, 15) is 14.9 Å². The Morgan fingerprint density at radius 2 is 1.94 bits per heavy atom. The second kappa shape index (κ2) is 4.82. The molecule has 92 valence electrons. The van der Waals surface area contributed by atoms with Crippen molar-refractivity contribution in [2.24, 2.45) is 0 Å². The first-order valence-corrected chi connectivity index (χ1v) is 4.84. The molecule has 6 heteroatoms. The van der Waals surface area contributed by atoms with Crippen LogP contribution in [0.2, 0.25) is 0 Å². The Morgan fingerprint density at radius 1 is 1.35 bits per heavy atom. The van der Waals surface area contributed by atoms with E-state index < -0.39 is 10.9 Å². The molecule has 0 saturated heterocycles. The molecule has 17 heavy (non-hydrogen) atoms. The highest BCUT2D eigenvalue weighted by molar-refractivity contribution is 5.96. The number of hydrogen-bond donors (Lipinski definition) is 0. The first-order valence-electron chi connectivity index (χ1n) is 4.84. The quantitative estimate of drug-likeness (QED) is 0.458. The zero-order valence-electron chi connectivity index (χ0n) is 10.1. The Labute approximate surface area is 98.3 Å². The fraction of sp³-hybridized carbons (Fsp3) is 0.364. The molecule has 1 aromatic rings. The third kappa shape index (κ3) is 2.20. The van der Waals surface area contributed by atoms with E-state index in [1.165, 1.54) is 27.2 Å². The molecule has 0 saturated carbocycles. The molecule has 0 bridgehead atoms. The van der Waals surface area contributed by atoms with E-state index in [2.05, 4.69) is 4.74 Å². The monoisotopic (exact) mass is 239 g/mol. The molecule has 0 heterocycles. The van der Waals surface area contributed by atoms with Crippen LogP contribution >= 0.6 is 0 Å². The molecule has 1 aromatic carbocycles. The van der Waals surface area contributed by atoms with Gasteiger partial charge in [-0.25, -0.2) is 4.79 Å². The zero-order valence-corrected chi connectivity index (χ0v) is 10.1. The van der Waals surface area contributed by atoms with Gasteiger partial charge in [-0.1, -0.05) is 0 Å². The highest BCUT2D eigenvalue weighted by Crippen LogP contribution is 2.33. The number of carbonyl (C=O) groups excluding carboxylic acids is 1. The van der Waals surface area contributed by atoms with E-state index in [0.29, 0.717) is 11.3 Å². The second-order valence-corrected chi connectivity index (χ2v) is 3.49. The molecule has 0 radical (unpaired) electrons. The van der Waals surface area contributed by atoms with Crippen LogP contribution in [0.4, 0.5) is 5.69 Å². The summed E-state index contributed by atoms with van der Waals surface area (Å²) in [5, 5.41) is 10.8. The molecule has 6 nitrogen and oxygen atoms in total. The minimum Gasteiger partial charge on any atom is -0.496 e. The van der Waals surface area contributed by atoms with Gasteiger partial charge in [-0.15, -0.1) is 0 Å². The maximum atomic E-state index is 11.6. The van der Waals surface area contributed by atoms with E-state index in [0.717, 1.165) is 0 Å². The number of esters is 1. The predicted molar refractivity (Wildman–Crippen MR) is 60.5 cm³/mol. The van der Waals surface area contributed by atoms with Gasteiger partial charge in [0.05, 0.1) is 19.1 Å². The van der Waals surface area contributed by atoms with Gasteiger partial charge in [0, 0.05) is 11.6 Å². The molecule has 0 aliphatic rings. The number of ether oxygens (including phenoxy) is 2. The topological polar surface area (TPSA) is 78.7 Å². The van der Waals surface area contributed by atoms with Crippen LogP contribution in [0, 0.1) is 24.0 Å². The van der Waals surface area contributed by atoms with Gasteiger partial charge in [-0.05, 0) is 19.4 Å². The largest absolute Gasteiger partial charge is 0.496 e. The molecule has 0 aromatic heterocycles. The lowest BCUT2D eigenvalue weighted by Crippen LogP contribution is -2.09. The minimum atomic E-state index is -0.647. The number of carbonyl (C=O) groups is 1. The van der Waals surface area contributed by atoms with E-state index in [-0.39, 0.29) is 16.8 Å². The highest BCUT2D eigenvalue weighted by atomic mass is 16.6. The summed E-state index contributed by atoms with van der Waals surface area (Å²) in [5.74, 6) is -0.342. The van der Waals surface area contributed by atoms with Crippen molar-refractivity contribution >= 4 is 11.7 Å². The lowest BCUT2D eigenvalue weighted by Gasteiger charge is -2.12. The third-order valence-electron chi connectivity index (χ3n) is 2.49. The average molecular weight is 239 g/mol. The summed E-state index contributed by atoms with van der Waals surface area (Å²) in [7, 11) is 2.62. The number of nitro groups is 1. The fourth-order valence-electron chi connectivity index (χ4n) is 1.67. The van der Waals surface area contributed by atoms with E-state index in [1.54, 1.807) is 6.92 Å². The van der Waals surface area contributed by atoms with Crippen LogP contribution in [0.15, 0.2) is 6.07 Å². The van der Waals surface area contributed by atoms with E-state index in [4.69, 9.17) is 4.74 Å². The first-order chi connectivity index (χ1) is 7.93. The van der Waals surface area contributed by atoms with Crippen LogP contribution in [-0.2, 0) is 4.74 Å². The normalized spacial score (nSPS) is 9.88. The van der Waals surface area contributed by atoms with Crippen LogP contribution < -0.4 is 4.74 Å². The van der Waals surface area contributed by atoms with Gasteiger partial charge in [-0.3, -0.25) is 10.1 Å². The van der Waals surface area contributed by atoms with Crippen molar-refractivity contribution in [3.63, 3.8) is 0 Å². The van der Waals surface area contributed by atoms with E-state index >= 15 is 0 Å². The SMILES string of the molecule is COC(=O)c1c(C)c([N+](=O)[O-])cc(C)c1OC. The summed E-state index contributed by atoms with van der Waals surface area (Å²) in [6, 6.07) is 1.38. The van der Waals surface area contributed by atoms with Crippen molar-refractivity contribution in [3.05, 3.63) is 32.9 Å². The lowest BCUT2D eigenvalue weighted by molar-refractivity contribution is -0.385. The van der Waals surface area contributed by atoms with Crippen molar-refractivity contribution in [1.82, 2.24) is 0 Å². The second-order valence-electron chi connectivity index (χ2n) is 3.49. The van der Waals surface area contributed by atoms with Gasteiger partial charge in [0.1, 0.15) is 11.3 Å². The summed E-state index contributed by atoms with van der Waals surface area (Å²) < 4.78 is 9.70. The summed E-state index contributed by atoms with van der Waals surface area (Å²) in [6.07, 6.45) is 0. The van der Waals surface area contributed by atoms with Crippen LogP contribution in [0.25, 0.3) is 0 Å².